The van der Waals surface area contributed by atoms with E-state index < -0.39 is 34.8 Å². The molecule has 0 saturated carbocycles. The van der Waals surface area contributed by atoms with Gasteiger partial charge in [-0.25, -0.2) is 4.39 Å². The first-order chi connectivity index (χ1) is 14.2. The van der Waals surface area contributed by atoms with Crippen LogP contribution in [0.25, 0.3) is 0 Å². The molecule has 5 nitrogen and oxygen atoms in total. The van der Waals surface area contributed by atoms with E-state index in [4.69, 9.17) is 4.84 Å². The van der Waals surface area contributed by atoms with E-state index in [-0.39, 0.29) is 17.7 Å². The first kappa shape index (κ1) is 21.2. The molecule has 0 radical (unpaired) electrons. The maximum absolute atomic E-state index is 14.4. The summed E-state index contributed by atoms with van der Waals surface area (Å²) in [6.45, 7) is 0. The van der Waals surface area contributed by atoms with Crippen LogP contribution in [0.3, 0.4) is 0 Å². The molecule has 0 saturated heterocycles. The average Bonchev–Trinajstić information content (AvgIpc) is 2.72. The van der Waals surface area contributed by atoms with Crippen LogP contribution in [0.1, 0.15) is 39.5 Å². The molecule has 2 aromatic heterocycles. The van der Waals surface area contributed by atoms with Crippen molar-refractivity contribution in [2.24, 2.45) is 0 Å². The van der Waals surface area contributed by atoms with Gasteiger partial charge < -0.3 is 4.84 Å². The van der Waals surface area contributed by atoms with Gasteiger partial charge >= 0.3 is 6.18 Å². The van der Waals surface area contributed by atoms with Gasteiger partial charge in [-0.15, -0.1) is 0 Å². The largest absolute Gasteiger partial charge is 0.416 e. The van der Waals surface area contributed by atoms with Gasteiger partial charge in [0.2, 0.25) is 0 Å². The van der Waals surface area contributed by atoms with Crippen LogP contribution >= 0.6 is 0 Å². The van der Waals surface area contributed by atoms with E-state index in [1.54, 1.807) is 0 Å². The van der Waals surface area contributed by atoms with Gasteiger partial charge in [-0.3, -0.25) is 14.6 Å². The zero-order valence-electron chi connectivity index (χ0n) is 15.7. The Morgan fingerprint density at radius 1 is 1.13 bits per heavy atom. The highest BCUT2D eigenvalue weighted by Gasteiger charge is 2.31. The third-order valence-corrected chi connectivity index (χ3v) is 4.54. The molecule has 9 heteroatoms. The molecule has 0 amide bonds. The predicted molar refractivity (Wildman–Crippen MR) is 99.6 cm³/mol. The van der Waals surface area contributed by atoms with Crippen LogP contribution < -0.4 is 10.4 Å². The summed E-state index contributed by atoms with van der Waals surface area (Å²) < 4.78 is 53.9. The lowest BCUT2D eigenvalue weighted by molar-refractivity contribution is -0.137. The van der Waals surface area contributed by atoms with Gasteiger partial charge in [-0.05, 0) is 35.9 Å². The number of rotatable bonds is 6. The van der Waals surface area contributed by atoms with E-state index in [1.807, 2.05) is 0 Å². The van der Waals surface area contributed by atoms with Crippen molar-refractivity contribution in [2.45, 2.75) is 18.5 Å². The van der Waals surface area contributed by atoms with E-state index in [9.17, 15) is 27.2 Å². The second kappa shape index (κ2) is 8.48. The zero-order chi connectivity index (χ0) is 21.9. The highest BCUT2D eigenvalue weighted by atomic mass is 19.4. The second-order valence-corrected chi connectivity index (χ2v) is 6.43. The predicted octanol–water partition coefficient (Wildman–Crippen LogP) is 3.86. The van der Waals surface area contributed by atoms with Crippen molar-refractivity contribution < 1.29 is 27.2 Å². The molecule has 3 rings (SSSR count). The molecule has 3 aromatic rings. The van der Waals surface area contributed by atoms with Crippen molar-refractivity contribution in [3.05, 3.63) is 99.5 Å². The van der Waals surface area contributed by atoms with Crippen LogP contribution in [0.5, 0.6) is 0 Å². The lowest BCUT2D eigenvalue weighted by Gasteiger charge is -2.18. The standard InChI is InChI=1S/C21H16F4N2O3/c1-30-27-12-14(6-9-19(27)29)18(28)11-16(20-17(22)3-2-10-26-20)13-4-7-15(8-5-13)21(23,24)25/h2-10,12,16H,11H2,1H3/t16-/m0/s1. The fourth-order valence-electron chi connectivity index (χ4n) is 3.01. The number of hydrogen-bond donors (Lipinski definition) is 0. The summed E-state index contributed by atoms with van der Waals surface area (Å²) in [5.41, 5.74) is -0.974. The lowest BCUT2D eigenvalue weighted by Crippen LogP contribution is -2.24. The molecule has 0 spiro atoms. The highest BCUT2D eigenvalue weighted by molar-refractivity contribution is 5.96. The molecule has 1 atom stereocenters. The molecule has 0 unspecified atom stereocenters. The molecule has 0 aliphatic heterocycles. The Hall–Kier alpha value is -3.49. The number of aromatic nitrogens is 2. The molecule has 0 fully saturated rings. The number of pyridine rings is 2. The van der Waals surface area contributed by atoms with Gasteiger partial charge in [0.1, 0.15) is 12.9 Å². The molecule has 30 heavy (non-hydrogen) atoms. The molecule has 0 N–H and O–H groups in total. The molecule has 156 valence electrons. The Balaban J connectivity index is 1.99. The number of alkyl halides is 3. The number of ketones is 1. The molecule has 0 aliphatic carbocycles. The quantitative estimate of drug-likeness (QED) is 0.449. The number of benzene rings is 1. The average molecular weight is 420 g/mol. The number of halogens is 4. The number of nitrogens with zero attached hydrogens (tertiary/aromatic N) is 2. The van der Waals surface area contributed by atoms with E-state index in [0.29, 0.717) is 5.56 Å². The summed E-state index contributed by atoms with van der Waals surface area (Å²) >= 11 is 0. The second-order valence-electron chi connectivity index (χ2n) is 6.43. The van der Waals surface area contributed by atoms with Crippen LogP contribution in [-0.2, 0) is 6.18 Å². The third kappa shape index (κ3) is 4.56. The van der Waals surface area contributed by atoms with Gasteiger partial charge in [0, 0.05) is 30.2 Å². The van der Waals surface area contributed by atoms with Gasteiger partial charge in [0.05, 0.1) is 17.5 Å². The third-order valence-electron chi connectivity index (χ3n) is 4.54. The Bertz CT molecular complexity index is 1110. The summed E-state index contributed by atoms with van der Waals surface area (Å²) in [5, 5.41) is 0. The fraction of sp³-hybridized carbons (Fsp3) is 0.190. The maximum Gasteiger partial charge on any atom is 0.416 e. The van der Waals surface area contributed by atoms with Crippen molar-refractivity contribution in [3.8, 4) is 0 Å². The smallest absolute Gasteiger partial charge is 0.414 e. The topological polar surface area (TPSA) is 61.2 Å². The van der Waals surface area contributed by atoms with Crippen LogP contribution in [0.4, 0.5) is 17.6 Å². The van der Waals surface area contributed by atoms with Crippen molar-refractivity contribution in [2.75, 3.05) is 7.11 Å². The maximum atomic E-state index is 14.4. The van der Waals surface area contributed by atoms with Gasteiger partial charge in [0.25, 0.3) is 5.56 Å². The lowest BCUT2D eigenvalue weighted by atomic mass is 9.88. The molecule has 2 heterocycles. The van der Waals surface area contributed by atoms with E-state index in [0.717, 1.165) is 29.0 Å². The summed E-state index contributed by atoms with van der Waals surface area (Å²) in [6, 6.07) is 9.13. The molecule has 1 aromatic carbocycles. The Morgan fingerprint density at radius 2 is 1.83 bits per heavy atom. The summed E-state index contributed by atoms with van der Waals surface area (Å²) in [4.78, 5) is 33.3. The minimum Gasteiger partial charge on any atom is -0.414 e. The summed E-state index contributed by atoms with van der Waals surface area (Å²) in [6.07, 6.45) is -2.26. The van der Waals surface area contributed by atoms with Gasteiger partial charge in [-0.1, -0.05) is 12.1 Å². The Labute approximate surface area is 168 Å². The Morgan fingerprint density at radius 3 is 2.43 bits per heavy atom. The number of carbonyl (C=O) groups is 1. The minimum atomic E-state index is -4.52. The Kier molecular flexibility index (Phi) is 6.00. The van der Waals surface area contributed by atoms with E-state index >= 15 is 0 Å². The van der Waals surface area contributed by atoms with Gasteiger partial charge in [0.15, 0.2) is 5.78 Å². The van der Waals surface area contributed by atoms with E-state index in [1.165, 1.54) is 43.8 Å². The van der Waals surface area contributed by atoms with Crippen LogP contribution in [0.15, 0.2) is 65.7 Å². The number of hydrogen-bond acceptors (Lipinski definition) is 4. The molecular formula is C21H16F4N2O3. The number of Topliss-reactive ketones (excluding diaryl/α,β-unsaturated/α-hetero) is 1. The molecule has 0 bridgehead atoms. The van der Waals surface area contributed by atoms with Crippen molar-refractivity contribution >= 4 is 5.78 Å². The van der Waals surface area contributed by atoms with Crippen LogP contribution in [0, 0.1) is 5.82 Å². The van der Waals surface area contributed by atoms with E-state index in [2.05, 4.69) is 4.98 Å². The van der Waals surface area contributed by atoms with Crippen molar-refractivity contribution in [1.29, 1.82) is 0 Å². The number of carbonyl (C=O) groups excluding carboxylic acids is 1. The zero-order valence-corrected chi connectivity index (χ0v) is 15.7. The van der Waals surface area contributed by atoms with Crippen LogP contribution in [-0.4, -0.2) is 22.6 Å². The molecular weight excluding hydrogens is 404 g/mol. The SMILES string of the molecule is COn1cc(C(=O)C[C@@H](c2ccc(C(F)(F)F)cc2)c2ncccc2F)ccc1=O. The van der Waals surface area contributed by atoms with Crippen molar-refractivity contribution in [1.82, 2.24) is 9.71 Å². The monoisotopic (exact) mass is 420 g/mol. The normalized spacial score (nSPS) is 12.4. The summed E-state index contributed by atoms with van der Waals surface area (Å²) in [7, 11) is 1.25. The van der Waals surface area contributed by atoms with Gasteiger partial charge in [-0.2, -0.15) is 17.9 Å². The minimum absolute atomic E-state index is 0.0642. The first-order valence-corrected chi connectivity index (χ1v) is 8.78. The summed E-state index contributed by atoms with van der Waals surface area (Å²) in [5.74, 6) is -2.07. The first-order valence-electron chi connectivity index (χ1n) is 8.78. The molecule has 0 aliphatic rings. The van der Waals surface area contributed by atoms with Crippen LogP contribution in [0.2, 0.25) is 0 Å². The highest BCUT2D eigenvalue weighted by Crippen LogP contribution is 2.33. The fourth-order valence-corrected chi connectivity index (χ4v) is 3.01. The van der Waals surface area contributed by atoms with Crippen molar-refractivity contribution in [3.63, 3.8) is 0 Å².